The van der Waals surface area contributed by atoms with Crippen molar-refractivity contribution in [1.29, 1.82) is 21.2 Å². The lowest BCUT2D eigenvalue weighted by atomic mass is 9.57. The Kier molecular flexibility index (Phi) is 1.99. The zero-order valence-electron chi connectivity index (χ0n) is 9.44. The van der Waals surface area contributed by atoms with Crippen LogP contribution in [0.15, 0.2) is 0 Å². The van der Waals surface area contributed by atoms with Gasteiger partial charge in [-0.1, -0.05) is 6.92 Å². The molecule has 2 aliphatic heterocycles. The molecule has 0 amide bonds. The summed E-state index contributed by atoms with van der Waals surface area (Å²) >= 11 is 0. The Morgan fingerprint density at radius 3 is 2.35 bits per heavy atom. The average molecular weight is 230 g/mol. The molecule has 0 aromatic rings. The zero-order valence-corrected chi connectivity index (χ0v) is 9.44. The first-order valence-electron chi connectivity index (χ1n) is 5.08. The lowest BCUT2D eigenvalue weighted by Crippen LogP contribution is -2.56. The largest absolute Gasteiger partial charge is 0.448 e. The van der Waals surface area contributed by atoms with Gasteiger partial charge < -0.3 is 9.47 Å². The molecule has 2 fully saturated rings. The van der Waals surface area contributed by atoms with E-state index >= 15 is 0 Å². The summed E-state index contributed by atoms with van der Waals surface area (Å²) in [5, 5.41) is 35.7. The Morgan fingerprint density at radius 1 is 1.29 bits per heavy atom. The summed E-state index contributed by atoms with van der Waals surface area (Å²) in [5.41, 5.74) is -3.24. The van der Waals surface area contributed by atoms with E-state index in [1.165, 1.54) is 0 Å². The van der Waals surface area contributed by atoms with Gasteiger partial charge in [-0.05, 0) is 0 Å². The third kappa shape index (κ3) is 0.934. The fraction of sp³-hybridized carbons (Fsp3) is 0.636. The summed E-state index contributed by atoms with van der Waals surface area (Å²) in [4.78, 5) is 0. The van der Waals surface area contributed by atoms with Gasteiger partial charge in [0.15, 0.2) is 10.8 Å². The molecular weight excluding hydrogens is 220 g/mol. The molecule has 86 valence electrons. The maximum atomic E-state index is 9.39. The van der Waals surface area contributed by atoms with Gasteiger partial charge in [-0.15, -0.1) is 0 Å². The molecule has 0 radical (unpaired) electrons. The normalized spacial score (nSPS) is 41.8. The van der Waals surface area contributed by atoms with Gasteiger partial charge in [0.05, 0.1) is 30.7 Å². The standard InChI is InChI=1S/C11H10N4O2/c1-7-9(2)16-6-10(3-12,4-13)11(7,5-14)8(15)17-9/h7,15H,6H2,1-2H3/t7-,9+,11+/m0/s1. The van der Waals surface area contributed by atoms with E-state index in [1.807, 2.05) is 18.2 Å². The van der Waals surface area contributed by atoms with E-state index in [0.717, 1.165) is 0 Å². The molecule has 0 unspecified atom stereocenters. The van der Waals surface area contributed by atoms with Crippen molar-refractivity contribution in [2.24, 2.45) is 16.7 Å². The van der Waals surface area contributed by atoms with Gasteiger partial charge >= 0.3 is 0 Å². The molecule has 2 bridgehead atoms. The van der Waals surface area contributed by atoms with Crippen LogP contribution in [0.5, 0.6) is 0 Å². The molecule has 3 atom stereocenters. The maximum Gasteiger partial charge on any atom is 0.214 e. The average Bonchev–Trinajstić information content (AvgIpc) is 2.46. The summed E-state index contributed by atoms with van der Waals surface area (Å²) in [5.74, 6) is -2.01. The maximum absolute atomic E-state index is 9.39. The Bertz CT molecular complexity index is 509. The van der Waals surface area contributed by atoms with E-state index in [4.69, 9.17) is 14.9 Å². The molecule has 2 saturated heterocycles. The predicted molar refractivity (Wildman–Crippen MR) is 54.0 cm³/mol. The van der Waals surface area contributed by atoms with Crippen molar-refractivity contribution in [1.82, 2.24) is 0 Å². The molecule has 0 aliphatic carbocycles. The highest BCUT2D eigenvalue weighted by Crippen LogP contribution is 2.59. The van der Waals surface area contributed by atoms with Gasteiger partial charge in [-0.3, -0.25) is 5.41 Å². The number of nitrogens with zero attached hydrogens (tertiary/aromatic N) is 3. The fourth-order valence-electron chi connectivity index (χ4n) is 2.55. The molecule has 6 nitrogen and oxygen atoms in total. The minimum atomic E-state index is -1.69. The van der Waals surface area contributed by atoms with Crippen LogP contribution in [-0.4, -0.2) is 18.3 Å². The molecule has 0 aromatic heterocycles. The summed E-state index contributed by atoms with van der Waals surface area (Å²) < 4.78 is 10.7. The van der Waals surface area contributed by atoms with E-state index in [1.54, 1.807) is 13.8 Å². The first-order chi connectivity index (χ1) is 7.92. The molecule has 6 heteroatoms. The summed E-state index contributed by atoms with van der Waals surface area (Å²) in [6.45, 7) is 3.05. The van der Waals surface area contributed by atoms with Gasteiger partial charge in [0.25, 0.3) is 0 Å². The minimum Gasteiger partial charge on any atom is -0.448 e. The highest BCUT2D eigenvalue weighted by atomic mass is 16.7. The smallest absolute Gasteiger partial charge is 0.214 e. The van der Waals surface area contributed by atoms with Crippen molar-refractivity contribution in [2.45, 2.75) is 19.6 Å². The van der Waals surface area contributed by atoms with Crippen molar-refractivity contribution in [3.8, 4) is 18.2 Å². The van der Waals surface area contributed by atoms with Gasteiger partial charge in [-0.25, -0.2) is 0 Å². The first kappa shape index (κ1) is 11.4. The summed E-state index contributed by atoms with van der Waals surface area (Å²) in [6.07, 6.45) is 0. The van der Waals surface area contributed by atoms with Crippen LogP contribution in [0.25, 0.3) is 0 Å². The monoisotopic (exact) mass is 230 g/mol. The lowest BCUT2D eigenvalue weighted by Gasteiger charge is -2.42. The number of hydrogen-bond acceptors (Lipinski definition) is 6. The summed E-state index contributed by atoms with van der Waals surface area (Å²) in [6, 6.07) is 5.62. The third-order valence-electron chi connectivity index (χ3n) is 3.91. The van der Waals surface area contributed by atoms with E-state index in [9.17, 15) is 15.8 Å². The fourth-order valence-corrected chi connectivity index (χ4v) is 2.55. The molecule has 2 heterocycles. The number of nitriles is 3. The van der Waals surface area contributed by atoms with Crippen LogP contribution < -0.4 is 0 Å². The van der Waals surface area contributed by atoms with Gasteiger partial charge in [0, 0.05) is 6.92 Å². The Hall–Kier alpha value is -2.10. The molecule has 2 aliphatic rings. The Balaban J connectivity index is 2.74. The first-order valence-corrected chi connectivity index (χ1v) is 5.08. The van der Waals surface area contributed by atoms with Crippen LogP contribution in [0.4, 0.5) is 0 Å². The van der Waals surface area contributed by atoms with Crippen LogP contribution in [0.3, 0.4) is 0 Å². The zero-order chi connectivity index (χ0) is 12.9. The molecule has 17 heavy (non-hydrogen) atoms. The topological polar surface area (TPSA) is 114 Å². The lowest BCUT2D eigenvalue weighted by molar-refractivity contribution is -0.230. The Labute approximate surface area is 98.5 Å². The van der Waals surface area contributed by atoms with Crippen LogP contribution in [0.2, 0.25) is 0 Å². The molecule has 0 saturated carbocycles. The molecular formula is C11H10N4O2. The van der Waals surface area contributed by atoms with Gasteiger partial charge in [0.2, 0.25) is 11.7 Å². The van der Waals surface area contributed by atoms with E-state index in [2.05, 4.69) is 0 Å². The van der Waals surface area contributed by atoms with E-state index in [-0.39, 0.29) is 12.5 Å². The van der Waals surface area contributed by atoms with E-state index < -0.39 is 22.5 Å². The number of hydrogen-bond donors (Lipinski definition) is 1. The predicted octanol–water partition coefficient (Wildman–Crippen LogP) is 0.920. The van der Waals surface area contributed by atoms with Crippen LogP contribution in [0.1, 0.15) is 13.8 Å². The van der Waals surface area contributed by atoms with E-state index in [0.29, 0.717) is 0 Å². The number of nitrogens with one attached hydrogen (secondary N) is 1. The molecule has 0 aromatic carbocycles. The van der Waals surface area contributed by atoms with Crippen molar-refractivity contribution < 1.29 is 9.47 Å². The minimum absolute atomic E-state index is 0.225. The highest BCUT2D eigenvalue weighted by Gasteiger charge is 2.74. The van der Waals surface area contributed by atoms with Crippen molar-refractivity contribution in [3.63, 3.8) is 0 Å². The number of ether oxygens (including phenoxy) is 2. The Morgan fingerprint density at radius 2 is 1.88 bits per heavy atom. The van der Waals surface area contributed by atoms with Crippen LogP contribution >= 0.6 is 0 Å². The van der Waals surface area contributed by atoms with Crippen molar-refractivity contribution >= 4 is 5.90 Å². The summed E-state index contributed by atoms with van der Waals surface area (Å²) in [7, 11) is 0. The second-order valence-corrected chi connectivity index (χ2v) is 4.51. The molecule has 1 N–H and O–H groups in total. The molecule has 2 rings (SSSR count). The molecule has 0 spiro atoms. The second kappa shape index (κ2) is 2.97. The SMILES string of the molecule is C[C@H]1[C@]2(C)OCC(C#N)(C#N)[C@@]1(C#N)C(=N)O2. The number of fused-ring (bicyclic) bond motifs is 2. The van der Waals surface area contributed by atoms with Crippen molar-refractivity contribution in [3.05, 3.63) is 0 Å². The quantitative estimate of drug-likeness (QED) is 0.664. The van der Waals surface area contributed by atoms with Crippen molar-refractivity contribution in [2.75, 3.05) is 6.61 Å². The number of rotatable bonds is 0. The van der Waals surface area contributed by atoms with Crippen LogP contribution in [-0.2, 0) is 9.47 Å². The van der Waals surface area contributed by atoms with Gasteiger partial charge in [-0.2, -0.15) is 15.8 Å². The highest BCUT2D eigenvalue weighted by molar-refractivity contribution is 5.88. The van der Waals surface area contributed by atoms with Gasteiger partial charge in [0.1, 0.15) is 0 Å². The third-order valence-corrected chi connectivity index (χ3v) is 3.91. The van der Waals surface area contributed by atoms with Crippen LogP contribution in [0, 0.1) is 56.2 Å². The second-order valence-electron chi connectivity index (χ2n) is 4.51.